The Balaban J connectivity index is 1.51. The third-order valence-electron chi connectivity index (χ3n) is 6.06. The van der Waals surface area contributed by atoms with Gasteiger partial charge < -0.3 is 30.5 Å². The lowest BCUT2D eigenvalue weighted by atomic mass is 9.96. The number of imidazole rings is 1. The molecule has 5 rings (SSSR count). The number of rotatable bonds is 7. The molecule has 5 N–H and O–H groups in total. The maximum atomic E-state index is 11.2. The van der Waals surface area contributed by atoms with E-state index in [9.17, 15) is 20.4 Å². The molecule has 2 aromatic carbocycles. The zero-order valence-corrected chi connectivity index (χ0v) is 18.1. The molecular weight excluding hydrogens is 438 g/mol. The Morgan fingerprint density at radius 3 is 2.24 bits per heavy atom. The summed E-state index contributed by atoms with van der Waals surface area (Å²) in [5.41, 5.74) is 2.37. The fraction of sp³-hybridized carbons (Fsp3) is 0.292. The van der Waals surface area contributed by atoms with Crippen LogP contribution in [-0.4, -0.2) is 64.9 Å². The number of hydrogen-bond donors (Lipinski definition) is 5. The molecule has 0 bridgehead atoms. The Kier molecular flexibility index (Phi) is 6.22. The quantitative estimate of drug-likeness (QED) is 0.274. The van der Waals surface area contributed by atoms with E-state index >= 15 is 0 Å². The SMILES string of the molecule is OC[C@H]1O[C@@H](n2cnc3c(N[C@@H](c4ccccc4)[C@H](O)c4ccccc4)ncnc32)[C@@H](O)C1O. The first-order valence-corrected chi connectivity index (χ1v) is 10.9. The maximum Gasteiger partial charge on any atom is 0.167 e. The van der Waals surface area contributed by atoms with E-state index in [2.05, 4.69) is 20.3 Å². The topological polar surface area (TPSA) is 146 Å². The number of aromatic nitrogens is 4. The lowest BCUT2D eigenvalue weighted by Gasteiger charge is -2.25. The lowest BCUT2D eigenvalue weighted by molar-refractivity contribution is -0.0511. The summed E-state index contributed by atoms with van der Waals surface area (Å²) in [7, 11) is 0. The first-order valence-electron chi connectivity index (χ1n) is 10.9. The molecule has 1 aliphatic heterocycles. The fourth-order valence-corrected chi connectivity index (χ4v) is 4.25. The van der Waals surface area contributed by atoms with Crippen LogP contribution in [0.5, 0.6) is 0 Å². The van der Waals surface area contributed by atoms with Crippen LogP contribution in [-0.2, 0) is 4.74 Å². The van der Waals surface area contributed by atoms with Crippen molar-refractivity contribution in [3.05, 3.63) is 84.4 Å². The highest BCUT2D eigenvalue weighted by molar-refractivity contribution is 5.83. The second kappa shape index (κ2) is 9.45. The van der Waals surface area contributed by atoms with Crippen molar-refractivity contribution in [2.24, 2.45) is 0 Å². The number of nitrogens with zero attached hydrogens (tertiary/aromatic N) is 4. The lowest BCUT2D eigenvalue weighted by Crippen LogP contribution is -2.33. The third-order valence-corrected chi connectivity index (χ3v) is 6.06. The Labute approximate surface area is 195 Å². The van der Waals surface area contributed by atoms with Gasteiger partial charge in [0.05, 0.1) is 19.0 Å². The highest BCUT2D eigenvalue weighted by Crippen LogP contribution is 2.35. The molecule has 4 aromatic rings. The van der Waals surface area contributed by atoms with Crippen molar-refractivity contribution in [1.29, 1.82) is 0 Å². The number of hydrogen-bond acceptors (Lipinski definition) is 9. The van der Waals surface area contributed by atoms with Crippen LogP contribution in [0.25, 0.3) is 11.2 Å². The van der Waals surface area contributed by atoms with Gasteiger partial charge in [0.25, 0.3) is 0 Å². The minimum Gasteiger partial charge on any atom is -0.394 e. The van der Waals surface area contributed by atoms with Crippen molar-refractivity contribution in [2.45, 2.75) is 36.7 Å². The van der Waals surface area contributed by atoms with Gasteiger partial charge in [0, 0.05) is 0 Å². The summed E-state index contributed by atoms with van der Waals surface area (Å²) < 4.78 is 7.12. The van der Waals surface area contributed by atoms with Gasteiger partial charge in [0.15, 0.2) is 23.2 Å². The summed E-state index contributed by atoms with van der Waals surface area (Å²) >= 11 is 0. The van der Waals surface area contributed by atoms with Gasteiger partial charge in [0.2, 0.25) is 0 Å². The summed E-state index contributed by atoms with van der Waals surface area (Å²) in [6.07, 6.45) is -2.48. The predicted octanol–water partition coefficient (Wildman–Crippen LogP) is 1.32. The molecule has 6 atom stereocenters. The molecule has 0 aliphatic carbocycles. The Morgan fingerprint density at radius 2 is 1.59 bits per heavy atom. The van der Waals surface area contributed by atoms with Crippen molar-refractivity contribution < 1.29 is 25.2 Å². The van der Waals surface area contributed by atoms with E-state index in [4.69, 9.17) is 4.74 Å². The van der Waals surface area contributed by atoms with Gasteiger partial charge in [-0.3, -0.25) is 4.57 Å². The number of aliphatic hydroxyl groups is 4. The van der Waals surface area contributed by atoms with Gasteiger partial charge in [-0.2, -0.15) is 0 Å². The van der Waals surface area contributed by atoms with Crippen molar-refractivity contribution in [2.75, 3.05) is 11.9 Å². The van der Waals surface area contributed by atoms with Gasteiger partial charge in [-0.15, -0.1) is 0 Å². The largest absolute Gasteiger partial charge is 0.394 e. The number of nitrogens with one attached hydrogen (secondary N) is 1. The second-order valence-corrected chi connectivity index (χ2v) is 8.16. The average Bonchev–Trinajstić information content (AvgIpc) is 3.44. The molecule has 10 nitrogen and oxygen atoms in total. The Morgan fingerprint density at radius 1 is 0.912 bits per heavy atom. The molecule has 176 valence electrons. The summed E-state index contributed by atoms with van der Waals surface area (Å²) in [4.78, 5) is 13.1. The van der Waals surface area contributed by atoms with Gasteiger partial charge in [-0.1, -0.05) is 60.7 Å². The van der Waals surface area contributed by atoms with Crippen LogP contribution >= 0.6 is 0 Å². The molecule has 10 heteroatoms. The number of aliphatic hydroxyl groups excluding tert-OH is 4. The van der Waals surface area contributed by atoms with E-state index in [-0.39, 0.29) is 0 Å². The van der Waals surface area contributed by atoms with Crippen molar-refractivity contribution in [3.8, 4) is 0 Å². The average molecular weight is 463 g/mol. The summed E-state index contributed by atoms with van der Waals surface area (Å²) in [5.74, 6) is 0.388. The van der Waals surface area contributed by atoms with Crippen LogP contribution in [0.15, 0.2) is 73.3 Å². The molecule has 1 saturated heterocycles. The Hall–Kier alpha value is -3.41. The molecule has 2 aromatic heterocycles. The normalized spacial score (nSPS) is 24.2. The monoisotopic (exact) mass is 463 g/mol. The van der Waals surface area contributed by atoms with Crippen molar-refractivity contribution in [1.82, 2.24) is 19.5 Å². The number of ether oxygens (including phenoxy) is 1. The molecule has 0 saturated carbocycles. The van der Waals surface area contributed by atoms with E-state index in [0.29, 0.717) is 17.0 Å². The zero-order valence-electron chi connectivity index (χ0n) is 18.1. The second-order valence-electron chi connectivity index (χ2n) is 8.16. The first-order chi connectivity index (χ1) is 16.6. The number of benzene rings is 2. The van der Waals surface area contributed by atoms with Gasteiger partial charge >= 0.3 is 0 Å². The predicted molar refractivity (Wildman–Crippen MR) is 123 cm³/mol. The summed E-state index contributed by atoms with van der Waals surface area (Å²) in [6, 6.07) is 18.3. The van der Waals surface area contributed by atoms with Crippen LogP contribution in [0, 0.1) is 0 Å². The summed E-state index contributed by atoms with van der Waals surface area (Å²) in [6.45, 7) is -0.431. The van der Waals surface area contributed by atoms with Gasteiger partial charge in [0.1, 0.15) is 30.7 Å². The highest BCUT2D eigenvalue weighted by Gasteiger charge is 2.44. The van der Waals surface area contributed by atoms with Crippen LogP contribution in [0.1, 0.15) is 29.5 Å². The molecular formula is C24H25N5O5. The van der Waals surface area contributed by atoms with Crippen molar-refractivity contribution in [3.63, 3.8) is 0 Å². The van der Waals surface area contributed by atoms with E-state index in [1.807, 2.05) is 60.7 Å². The van der Waals surface area contributed by atoms with Crippen LogP contribution in [0.4, 0.5) is 5.82 Å². The standard InChI is InChI=1S/C24H25N5O5/c30-11-16-20(32)21(33)24(34-16)29-13-27-18-22(25-12-26-23(18)29)28-17(14-7-3-1-4-8-14)19(31)15-9-5-2-6-10-15/h1-10,12-13,16-17,19-21,24,30-33H,11H2,(H,25,26,28)/t16-,17+,19-,20?,21+,24-/m1/s1. The summed E-state index contributed by atoms with van der Waals surface area (Å²) in [5, 5.41) is 44.5. The molecule has 1 unspecified atom stereocenters. The van der Waals surface area contributed by atoms with Gasteiger partial charge in [-0.25, -0.2) is 15.0 Å². The Bertz CT molecular complexity index is 1240. The molecule has 0 amide bonds. The fourth-order valence-electron chi connectivity index (χ4n) is 4.25. The van der Waals surface area contributed by atoms with Crippen LogP contribution in [0.3, 0.4) is 0 Å². The third kappa shape index (κ3) is 4.02. The molecule has 0 spiro atoms. The smallest absolute Gasteiger partial charge is 0.167 e. The minimum absolute atomic E-state index is 0.369. The zero-order chi connectivity index (χ0) is 23.7. The van der Waals surface area contributed by atoms with Crippen molar-refractivity contribution >= 4 is 17.0 Å². The van der Waals surface area contributed by atoms with E-state index < -0.39 is 43.3 Å². The van der Waals surface area contributed by atoms with E-state index in [0.717, 1.165) is 11.1 Å². The molecule has 1 fully saturated rings. The molecule has 0 radical (unpaired) electrons. The van der Waals surface area contributed by atoms with Gasteiger partial charge in [-0.05, 0) is 11.1 Å². The van der Waals surface area contributed by atoms with Crippen LogP contribution in [0.2, 0.25) is 0 Å². The molecule has 3 heterocycles. The number of anilines is 1. The maximum absolute atomic E-state index is 11.2. The van der Waals surface area contributed by atoms with E-state index in [1.165, 1.54) is 17.2 Å². The molecule has 1 aliphatic rings. The minimum atomic E-state index is -1.27. The highest BCUT2D eigenvalue weighted by atomic mass is 16.6. The van der Waals surface area contributed by atoms with Crippen LogP contribution < -0.4 is 5.32 Å². The molecule has 34 heavy (non-hydrogen) atoms. The number of fused-ring (bicyclic) bond motifs is 1. The first kappa shape index (κ1) is 22.4. The van der Waals surface area contributed by atoms with E-state index in [1.54, 1.807) is 0 Å².